The van der Waals surface area contributed by atoms with Crippen molar-refractivity contribution in [1.29, 1.82) is 0 Å². The maximum atomic E-state index is 12.0. The molecule has 6 heteroatoms. The van der Waals surface area contributed by atoms with Gasteiger partial charge in [0, 0.05) is 25.6 Å². The molecular formula is C16H20N2O4. The van der Waals surface area contributed by atoms with Crippen LogP contribution >= 0.6 is 0 Å². The second-order valence-corrected chi connectivity index (χ2v) is 5.67. The lowest BCUT2D eigenvalue weighted by atomic mass is 9.66. The van der Waals surface area contributed by atoms with Gasteiger partial charge in [0.15, 0.2) is 0 Å². The fraction of sp³-hybridized carbons (Fsp3) is 0.438. The third-order valence-corrected chi connectivity index (χ3v) is 4.17. The van der Waals surface area contributed by atoms with Gasteiger partial charge in [-0.15, -0.1) is 0 Å². The Hall–Kier alpha value is -2.37. The summed E-state index contributed by atoms with van der Waals surface area (Å²) in [7, 11) is 1.56. The molecule has 0 heterocycles. The standard InChI is InChI=1S/C16H20N2O4/c1-17-14(20)12-5-2-4-11(8-12)10-18-13(19)9-16(15(21)22)6-3-7-16/h2,4-5,8H,3,6-7,9-10H2,1H3,(H,17,20)(H,18,19)(H,21,22). The van der Waals surface area contributed by atoms with E-state index in [-0.39, 0.29) is 24.8 Å². The Bertz CT molecular complexity index is 594. The lowest BCUT2D eigenvalue weighted by Gasteiger charge is -2.36. The smallest absolute Gasteiger partial charge is 0.310 e. The van der Waals surface area contributed by atoms with E-state index < -0.39 is 11.4 Å². The van der Waals surface area contributed by atoms with E-state index in [9.17, 15) is 19.5 Å². The zero-order chi connectivity index (χ0) is 16.2. The Morgan fingerprint density at radius 3 is 2.55 bits per heavy atom. The molecule has 0 radical (unpaired) electrons. The van der Waals surface area contributed by atoms with Crippen molar-refractivity contribution in [3.63, 3.8) is 0 Å². The predicted molar refractivity (Wildman–Crippen MR) is 80.2 cm³/mol. The highest BCUT2D eigenvalue weighted by molar-refractivity contribution is 5.94. The van der Waals surface area contributed by atoms with Crippen LogP contribution in [0.3, 0.4) is 0 Å². The van der Waals surface area contributed by atoms with Crippen molar-refractivity contribution in [1.82, 2.24) is 10.6 Å². The lowest BCUT2D eigenvalue weighted by Crippen LogP contribution is -2.42. The third kappa shape index (κ3) is 3.44. The van der Waals surface area contributed by atoms with Crippen LogP contribution in [-0.2, 0) is 16.1 Å². The Labute approximate surface area is 128 Å². The Morgan fingerprint density at radius 1 is 1.27 bits per heavy atom. The maximum Gasteiger partial charge on any atom is 0.310 e. The molecule has 1 aliphatic rings. The highest BCUT2D eigenvalue weighted by atomic mass is 16.4. The van der Waals surface area contributed by atoms with Gasteiger partial charge >= 0.3 is 5.97 Å². The minimum Gasteiger partial charge on any atom is -0.481 e. The van der Waals surface area contributed by atoms with Crippen molar-refractivity contribution in [2.24, 2.45) is 5.41 Å². The van der Waals surface area contributed by atoms with Crippen LogP contribution in [0.1, 0.15) is 41.6 Å². The summed E-state index contributed by atoms with van der Waals surface area (Å²) >= 11 is 0. The van der Waals surface area contributed by atoms with Gasteiger partial charge in [0.1, 0.15) is 0 Å². The molecule has 0 saturated heterocycles. The molecule has 0 bridgehead atoms. The molecular weight excluding hydrogens is 284 g/mol. The van der Waals surface area contributed by atoms with E-state index in [1.54, 1.807) is 25.2 Å². The zero-order valence-electron chi connectivity index (χ0n) is 12.5. The first-order chi connectivity index (χ1) is 10.5. The summed E-state index contributed by atoms with van der Waals surface area (Å²) in [6.45, 7) is 0.277. The number of amides is 2. The van der Waals surface area contributed by atoms with Gasteiger partial charge in [-0.05, 0) is 30.5 Å². The largest absolute Gasteiger partial charge is 0.481 e. The van der Waals surface area contributed by atoms with E-state index in [0.29, 0.717) is 18.4 Å². The molecule has 3 N–H and O–H groups in total. The van der Waals surface area contributed by atoms with Crippen LogP contribution in [0.4, 0.5) is 0 Å². The first-order valence-corrected chi connectivity index (χ1v) is 7.28. The van der Waals surface area contributed by atoms with E-state index in [4.69, 9.17) is 0 Å². The number of aliphatic carboxylic acids is 1. The van der Waals surface area contributed by atoms with E-state index in [1.165, 1.54) is 0 Å². The lowest BCUT2D eigenvalue weighted by molar-refractivity contribution is -0.157. The molecule has 1 aromatic rings. The van der Waals surface area contributed by atoms with Crippen LogP contribution < -0.4 is 10.6 Å². The summed E-state index contributed by atoms with van der Waals surface area (Å²) in [4.78, 5) is 34.7. The number of carbonyl (C=O) groups is 3. The molecule has 2 rings (SSSR count). The molecule has 1 fully saturated rings. The molecule has 1 aromatic carbocycles. The van der Waals surface area contributed by atoms with Gasteiger partial charge in [-0.3, -0.25) is 14.4 Å². The van der Waals surface area contributed by atoms with Gasteiger partial charge in [-0.2, -0.15) is 0 Å². The van der Waals surface area contributed by atoms with Crippen molar-refractivity contribution >= 4 is 17.8 Å². The van der Waals surface area contributed by atoms with E-state index in [0.717, 1.165) is 12.0 Å². The zero-order valence-corrected chi connectivity index (χ0v) is 12.5. The van der Waals surface area contributed by atoms with Gasteiger partial charge in [-0.1, -0.05) is 18.6 Å². The molecule has 22 heavy (non-hydrogen) atoms. The normalized spacial score (nSPS) is 15.5. The van der Waals surface area contributed by atoms with Gasteiger partial charge in [0.05, 0.1) is 5.41 Å². The second kappa shape index (κ2) is 6.60. The molecule has 2 amide bonds. The van der Waals surface area contributed by atoms with Crippen LogP contribution in [0, 0.1) is 5.41 Å². The molecule has 6 nitrogen and oxygen atoms in total. The van der Waals surface area contributed by atoms with Gasteiger partial charge in [0.2, 0.25) is 5.91 Å². The van der Waals surface area contributed by atoms with E-state index in [1.807, 2.05) is 6.07 Å². The number of rotatable bonds is 6. The van der Waals surface area contributed by atoms with Crippen molar-refractivity contribution in [3.8, 4) is 0 Å². The van der Waals surface area contributed by atoms with Crippen molar-refractivity contribution in [2.75, 3.05) is 7.05 Å². The van der Waals surface area contributed by atoms with Crippen molar-refractivity contribution in [2.45, 2.75) is 32.2 Å². The van der Waals surface area contributed by atoms with E-state index in [2.05, 4.69) is 10.6 Å². The summed E-state index contributed by atoms with van der Waals surface area (Å²) in [6, 6.07) is 6.95. The molecule has 0 aliphatic heterocycles. The highest BCUT2D eigenvalue weighted by Gasteiger charge is 2.45. The van der Waals surface area contributed by atoms with E-state index >= 15 is 0 Å². The number of hydrogen-bond acceptors (Lipinski definition) is 3. The predicted octanol–water partition coefficient (Wildman–Crippen LogP) is 1.31. The molecule has 0 unspecified atom stereocenters. The summed E-state index contributed by atoms with van der Waals surface area (Å²) < 4.78 is 0. The summed E-state index contributed by atoms with van der Waals surface area (Å²) in [5, 5.41) is 14.5. The van der Waals surface area contributed by atoms with Crippen LogP contribution in [0.5, 0.6) is 0 Å². The quantitative estimate of drug-likeness (QED) is 0.738. The minimum absolute atomic E-state index is 0.0114. The number of benzene rings is 1. The van der Waals surface area contributed by atoms with Gasteiger partial charge in [-0.25, -0.2) is 0 Å². The van der Waals surface area contributed by atoms with Crippen LogP contribution in [0.15, 0.2) is 24.3 Å². The molecule has 118 valence electrons. The molecule has 1 saturated carbocycles. The first kappa shape index (κ1) is 16.0. The number of carbonyl (C=O) groups excluding carboxylic acids is 2. The molecule has 0 spiro atoms. The topological polar surface area (TPSA) is 95.5 Å². The Kier molecular flexibility index (Phi) is 4.80. The van der Waals surface area contributed by atoms with Gasteiger partial charge in [0.25, 0.3) is 5.91 Å². The first-order valence-electron chi connectivity index (χ1n) is 7.28. The van der Waals surface area contributed by atoms with Crippen molar-refractivity contribution < 1.29 is 19.5 Å². The summed E-state index contributed by atoms with van der Waals surface area (Å²) in [6.07, 6.45) is 1.98. The number of nitrogens with one attached hydrogen (secondary N) is 2. The fourth-order valence-corrected chi connectivity index (χ4v) is 2.61. The minimum atomic E-state index is -0.893. The second-order valence-electron chi connectivity index (χ2n) is 5.67. The molecule has 1 aliphatic carbocycles. The van der Waals surface area contributed by atoms with Gasteiger partial charge < -0.3 is 15.7 Å². The number of carboxylic acids is 1. The number of hydrogen-bond donors (Lipinski definition) is 3. The van der Waals surface area contributed by atoms with Crippen molar-refractivity contribution in [3.05, 3.63) is 35.4 Å². The summed E-state index contributed by atoms with van der Waals surface area (Å²) in [5.74, 6) is -1.35. The fourth-order valence-electron chi connectivity index (χ4n) is 2.61. The van der Waals surface area contributed by atoms with Crippen LogP contribution in [0.2, 0.25) is 0 Å². The monoisotopic (exact) mass is 304 g/mol. The molecule has 0 atom stereocenters. The Morgan fingerprint density at radius 2 is 2.00 bits per heavy atom. The Balaban J connectivity index is 1.91. The maximum absolute atomic E-state index is 12.0. The average molecular weight is 304 g/mol. The number of carboxylic acid groups (broad SMARTS) is 1. The summed E-state index contributed by atoms with van der Waals surface area (Å²) in [5.41, 5.74) is 0.441. The highest BCUT2D eigenvalue weighted by Crippen LogP contribution is 2.44. The van der Waals surface area contributed by atoms with Crippen LogP contribution in [0.25, 0.3) is 0 Å². The average Bonchev–Trinajstić information content (AvgIpc) is 2.48. The van der Waals surface area contributed by atoms with Crippen LogP contribution in [-0.4, -0.2) is 29.9 Å². The SMILES string of the molecule is CNC(=O)c1cccc(CNC(=O)CC2(C(=O)O)CCC2)c1. The third-order valence-electron chi connectivity index (χ3n) is 4.17. The molecule has 0 aromatic heterocycles.